The Balaban J connectivity index is 1.61. The summed E-state index contributed by atoms with van der Waals surface area (Å²) in [6.45, 7) is 3.45. The molecule has 0 aliphatic rings. The van der Waals surface area contributed by atoms with Gasteiger partial charge in [0.2, 0.25) is 5.78 Å². The van der Waals surface area contributed by atoms with Gasteiger partial charge in [-0.25, -0.2) is 9.78 Å². The lowest BCUT2D eigenvalue weighted by atomic mass is 10.1. The molecule has 0 atom stereocenters. The fraction of sp³-hybridized carbons (Fsp3) is 0.190. The van der Waals surface area contributed by atoms with Gasteiger partial charge in [0, 0.05) is 34.6 Å². The molecule has 0 fully saturated rings. The molecule has 28 heavy (non-hydrogen) atoms. The summed E-state index contributed by atoms with van der Waals surface area (Å²) in [6, 6.07) is 9.03. The summed E-state index contributed by atoms with van der Waals surface area (Å²) < 4.78 is 12.1. The van der Waals surface area contributed by atoms with Crippen LogP contribution in [0, 0.1) is 13.8 Å². The molecule has 1 aromatic carbocycles. The number of benzene rings is 1. The van der Waals surface area contributed by atoms with E-state index in [1.54, 1.807) is 37.6 Å². The number of methoxy groups -OCH3 is 1. The molecule has 3 aromatic rings. The lowest BCUT2D eigenvalue weighted by Gasteiger charge is -2.05. The molecular weight excluding hydrogens is 376 g/mol. The highest BCUT2D eigenvalue weighted by molar-refractivity contribution is 7.12. The number of thiazole rings is 1. The Labute approximate surface area is 167 Å². The minimum atomic E-state index is -0.571. The van der Waals surface area contributed by atoms with Crippen LogP contribution in [0.3, 0.4) is 0 Å². The number of rotatable bonds is 7. The molecule has 0 saturated carbocycles. The van der Waals surface area contributed by atoms with Gasteiger partial charge in [0.25, 0.3) is 0 Å². The zero-order valence-corrected chi connectivity index (χ0v) is 16.7. The first-order chi connectivity index (χ1) is 13.5. The second-order valence-electron chi connectivity index (χ2n) is 6.07. The predicted octanol–water partition coefficient (Wildman–Crippen LogP) is 4.00. The van der Waals surface area contributed by atoms with E-state index in [1.165, 1.54) is 17.4 Å². The molecule has 0 N–H and O–H groups in total. The third-order valence-electron chi connectivity index (χ3n) is 4.22. The Morgan fingerprint density at radius 2 is 1.96 bits per heavy atom. The van der Waals surface area contributed by atoms with Crippen LogP contribution in [-0.4, -0.2) is 35.0 Å². The number of ketones is 1. The van der Waals surface area contributed by atoms with Gasteiger partial charge in [-0.1, -0.05) is 12.1 Å². The van der Waals surface area contributed by atoms with Gasteiger partial charge in [-0.3, -0.25) is 9.36 Å². The molecule has 3 rings (SSSR count). The SMILES string of the molecule is COc1ccc(/C=C/C(=O)OCC(=O)c2cc(C)n(-c3nccs3)c2C)cc1. The van der Waals surface area contributed by atoms with E-state index in [2.05, 4.69) is 4.98 Å². The first kappa shape index (κ1) is 19.6. The molecule has 0 amide bonds. The molecule has 144 valence electrons. The first-order valence-corrected chi connectivity index (χ1v) is 9.48. The van der Waals surface area contributed by atoms with Crippen LogP contribution in [-0.2, 0) is 9.53 Å². The van der Waals surface area contributed by atoms with Crippen molar-refractivity contribution in [2.75, 3.05) is 13.7 Å². The third kappa shape index (κ3) is 4.37. The van der Waals surface area contributed by atoms with E-state index in [4.69, 9.17) is 9.47 Å². The number of ether oxygens (including phenoxy) is 2. The maximum Gasteiger partial charge on any atom is 0.331 e. The molecule has 0 unspecified atom stereocenters. The second-order valence-corrected chi connectivity index (χ2v) is 6.95. The number of hydrogen-bond donors (Lipinski definition) is 0. The second kappa shape index (κ2) is 8.67. The largest absolute Gasteiger partial charge is 0.497 e. The van der Waals surface area contributed by atoms with E-state index >= 15 is 0 Å². The number of carbonyl (C=O) groups is 2. The fourth-order valence-corrected chi connectivity index (χ4v) is 3.56. The van der Waals surface area contributed by atoms with Crippen LogP contribution in [0.1, 0.15) is 27.3 Å². The van der Waals surface area contributed by atoms with Crippen molar-refractivity contribution in [2.45, 2.75) is 13.8 Å². The highest BCUT2D eigenvalue weighted by atomic mass is 32.1. The average molecular weight is 396 g/mol. The van der Waals surface area contributed by atoms with Crippen molar-refractivity contribution in [3.05, 3.63) is 70.5 Å². The van der Waals surface area contributed by atoms with E-state index in [-0.39, 0.29) is 12.4 Å². The average Bonchev–Trinajstić information content (AvgIpc) is 3.32. The molecule has 0 saturated heterocycles. The molecule has 0 spiro atoms. The smallest absolute Gasteiger partial charge is 0.331 e. The maximum absolute atomic E-state index is 12.5. The minimum Gasteiger partial charge on any atom is -0.497 e. The summed E-state index contributed by atoms with van der Waals surface area (Å²) in [5, 5.41) is 2.68. The summed E-state index contributed by atoms with van der Waals surface area (Å²) in [5.74, 6) is -0.0827. The monoisotopic (exact) mass is 396 g/mol. The molecule has 6 nitrogen and oxygen atoms in total. The van der Waals surface area contributed by atoms with Crippen molar-refractivity contribution in [3.8, 4) is 10.9 Å². The van der Waals surface area contributed by atoms with E-state index in [9.17, 15) is 9.59 Å². The van der Waals surface area contributed by atoms with Crippen molar-refractivity contribution >= 4 is 29.2 Å². The van der Waals surface area contributed by atoms with E-state index in [1.807, 2.05) is 35.9 Å². The fourth-order valence-electron chi connectivity index (χ4n) is 2.81. The zero-order chi connectivity index (χ0) is 20.1. The predicted molar refractivity (Wildman–Crippen MR) is 108 cm³/mol. The molecular formula is C21H20N2O4S. The van der Waals surface area contributed by atoms with Crippen LogP contribution < -0.4 is 4.74 Å². The molecule has 2 aromatic heterocycles. The molecule has 0 bridgehead atoms. The molecule has 0 aliphatic heterocycles. The van der Waals surface area contributed by atoms with Gasteiger partial charge in [0.1, 0.15) is 5.75 Å². The lowest BCUT2D eigenvalue weighted by molar-refractivity contribution is -0.136. The van der Waals surface area contributed by atoms with E-state index < -0.39 is 5.97 Å². The third-order valence-corrected chi connectivity index (χ3v) is 4.97. The quantitative estimate of drug-likeness (QED) is 0.343. The Morgan fingerprint density at radius 3 is 2.61 bits per heavy atom. The summed E-state index contributed by atoms with van der Waals surface area (Å²) in [4.78, 5) is 28.7. The van der Waals surface area contributed by atoms with Gasteiger partial charge in [-0.05, 0) is 43.7 Å². The maximum atomic E-state index is 12.5. The number of carbonyl (C=O) groups excluding carboxylic acids is 2. The van der Waals surface area contributed by atoms with Crippen molar-refractivity contribution in [1.29, 1.82) is 0 Å². The van der Waals surface area contributed by atoms with Crippen molar-refractivity contribution in [2.24, 2.45) is 0 Å². The van der Waals surface area contributed by atoms with Crippen LogP contribution in [0.25, 0.3) is 11.2 Å². The number of Topliss-reactive ketones (excluding diaryl/α,β-unsaturated/α-hetero) is 1. The topological polar surface area (TPSA) is 70.4 Å². The highest BCUT2D eigenvalue weighted by Gasteiger charge is 2.18. The zero-order valence-electron chi connectivity index (χ0n) is 15.8. The van der Waals surface area contributed by atoms with E-state index in [0.29, 0.717) is 5.56 Å². The van der Waals surface area contributed by atoms with Crippen LogP contribution in [0.2, 0.25) is 0 Å². The summed E-state index contributed by atoms with van der Waals surface area (Å²) in [6.07, 6.45) is 4.64. The molecule has 0 radical (unpaired) electrons. The van der Waals surface area contributed by atoms with Gasteiger partial charge >= 0.3 is 5.97 Å². The van der Waals surface area contributed by atoms with Crippen LogP contribution in [0.15, 0.2) is 48.0 Å². The molecule has 7 heteroatoms. The normalized spacial score (nSPS) is 11.0. The van der Waals surface area contributed by atoms with E-state index in [0.717, 1.165) is 27.8 Å². The Kier molecular flexibility index (Phi) is 6.06. The van der Waals surface area contributed by atoms with Crippen molar-refractivity contribution in [1.82, 2.24) is 9.55 Å². The number of aromatic nitrogens is 2. The number of aryl methyl sites for hydroxylation is 1. The van der Waals surface area contributed by atoms with Crippen molar-refractivity contribution in [3.63, 3.8) is 0 Å². The summed E-state index contributed by atoms with van der Waals surface area (Å²) in [7, 11) is 1.59. The van der Waals surface area contributed by atoms with Crippen LogP contribution in [0.4, 0.5) is 0 Å². The van der Waals surface area contributed by atoms with Crippen LogP contribution >= 0.6 is 11.3 Å². The Bertz CT molecular complexity index is 1000. The molecule has 2 heterocycles. The van der Waals surface area contributed by atoms with Gasteiger partial charge in [0.15, 0.2) is 11.7 Å². The summed E-state index contributed by atoms with van der Waals surface area (Å²) in [5.41, 5.74) is 3.04. The summed E-state index contributed by atoms with van der Waals surface area (Å²) >= 11 is 1.49. The van der Waals surface area contributed by atoms with Gasteiger partial charge < -0.3 is 9.47 Å². The van der Waals surface area contributed by atoms with Crippen molar-refractivity contribution < 1.29 is 19.1 Å². The Hall–Kier alpha value is -3.19. The standard InChI is InChI=1S/C21H20N2O4S/c1-14-12-18(15(2)23(14)21-22-10-11-28-21)19(24)13-27-20(25)9-6-16-4-7-17(26-3)8-5-16/h4-12H,13H2,1-3H3/b9-6+. The first-order valence-electron chi connectivity index (χ1n) is 8.60. The minimum absolute atomic E-state index is 0.248. The highest BCUT2D eigenvalue weighted by Crippen LogP contribution is 2.22. The van der Waals surface area contributed by atoms with Gasteiger partial charge in [-0.2, -0.15) is 0 Å². The number of esters is 1. The Morgan fingerprint density at radius 1 is 1.21 bits per heavy atom. The number of nitrogens with zero attached hydrogens (tertiary/aromatic N) is 2. The lowest BCUT2D eigenvalue weighted by Crippen LogP contribution is -2.13. The van der Waals surface area contributed by atoms with Crippen LogP contribution in [0.5, 0.6) is 5.75 Å². The van der Waals surface area contributed by atoms with Gasteiger partial charge in [-0.15, -0.1) is 11.3 Å². The number of hydrogen-bond acceptors (Lipinski definition) is 6. The van der Waals surface area contributed by atoms with Gasteiger partial charge in [0.05, 0.1) is 7.11 Å². The molecule has 0 aliphatic carbocycles.